The lowest BCUT2D eigenvalue weighted by atomic mass is 10.0. The van der Waals surface area contributed by atoms with Gasteiger partial charge in [0, 0.05) is 18.6 Å². The lowest BCUT2D eigenvalue weighted by Gasteiger charge is -2.18. The van der Waals surface area contributed by atoms with E-state index in [4.69, 9.17) is 14.2 Å². The van der Waals surface area contributed by atoms with Gasteiger partial charge in [-0.15, -0.1) is 0 Å². The number of ether oxygens (including phenoxy) is 3. The zero-order valence-electron chi connectivity index (χ0n) is 30.7. The Hall–Kier alpha value is -2.67. The molecule has 0 unspecified atom stereocenters. The van der Waals surface area contributed by atoms with Crippen molar-refractivity contribution >= 4 is 17.9 Å². The van der Waals surface area contributed by atoms with Gasteiger partial charge >= 0.3 is 17.9 Å². The summed E-state index contributed by atoms with van der Waals surface area (Å²) in [5.74, 6) is -0.627. The summed E-state index contributed by atoms with van der Waals surface area (Å²) in [5, 5.41) is 0. The van der Waals surface area contributed by atoms with Crippen LogP contribution in [0.2, 0.25) is 0 Å². The molecule has 0 atom stereocenters. The van der Waals surface area contributed by atoms with E-state index in [-0.39, 0.29) is 24.0 Å². The molecule has 0 heterocycles. The van der Waals surface area contributed by atoms with Crippen molar-refractivity contribution in [2.45, 2.75) is 150 Å². The maximum absolute atomic E-state index is 12.5. The number of allylic oxidation sites excluding steroid dienone is 6. The minimum absolute atomic E-state index is 0.0681. The second-order valence-electron chi connectivity index (χ2n) is 13.4. The highest BCUT2D eigenvalue weighted by Gasteiger charge is 2.14. The fraction of sp³-hybridized carbons (Fsp3) is 0.718. The molecule has 0 aromatic carbocycles. The smallest absolute Gasteiger partial charge is 0.330 e. The van der Waals surface area contributed by atoms with Gasteiger partial charge in [0.1, 0.15) is 6.10 Å². The normalized spacial score (nSPS) is 12.5. The predicted octanol–water partition coefficient (Wildman–Crippen LogP) is 9.61. The highest BCUT2D eigenvalue weighted by molar-refractivity contribution is 5.83. The van der Waals surface area contributed by atoms with Gasteiger partial charge < -0.3 is 19.1 Å². The first-order valence-electron chi connectivity index (χ1n) is 17.7. The van der Waals surface area contributed by atoms with Crippen LogP contribution in [0.1, 0.15) is 144 Å². The topological polar surface area (TPSA) is 82.1 Å². The lowest BCUT2D eigenvalue weighted by Crippen LogP contribution is -2.20. The maximum Gasteiger partial charge on any atom is 0.330 e. The first kappa shape index (κ1) is 43.3. The third-order valence-corrected chi connectivity index (χ3v) is 7.52. The minimum atomic E-state index is -0.258. The molecule has 7 nitrogen and oxygen atoms in total. The van der Waals surface area contributed by atoms with Crippen molar-refractivity contribution in [1.82, 2.24) is 4.90 Å². The molecule has 0 aliphatic heterocycles. The van der Waals surface area contributed by atoms with E-state index in [1.54, 1.807) is 12.2 Å². The SMILES string of the molecule is CC(C)=CCC/C(C)=C/C(=O)OCCCCCCC(CCCCCCOC(=O)/C=C(\C)CCC=C(C)C)OC(=O)CCCN(C)C. The van der Waals surface area contributed by atoms with Crippen LogP contribution in [-0.4, -0.2) is 62.8 Å². The average Bonchev–Trinajstić information content (AvgIpc) is 2.95. The molecule has 0 saturated carbocycles. The Morgan fingerprint density at radius 1 is 0.587 bits per heavy atom. The van der Waals surface area contributed by atoms with Crippen molar-refractivity contribution in [2.75, 3.05) is 33.9 Å². The summed E-state index contributed by atoms with van der Waals surface area (Å²) < 4.78 is 16.7. The Kier molecular flexibility index (Phi) is 26.9. The van der Waals surface area contributed by atoms with Crippen LogP contribution in [-0.2, 0) is 28.6 Å². The van der Waals surface area contributed by atoms with Gasteiger partial charge in [-0.3, -0.25) is 4.79 Å². The monoisotopic (exact) mass is 645 g/mol. The first-order chi connectivity index (χ1) is 21.9. The van der Waals surface area contributed by atoms with E-state index < -0.39 is 0 Å². The summed E-state index contributed by atoms with van der Waals surface area (Å²) in [4.78, 5) is 38.7. The summed E-state index contributed by atoms with van der Waals surface area (Å²) in [6.45, 7) is 14.0. The molecule has 0 N–H and O–H groups in total. The minimum Gasteiger partial charge on any atom is -0.463 e. The fourth-order valence-corrected chi connectivity index (χ4v) is 4.85. The number of rotatable bonds is 27. The number of hydrogen-bond donors (Lipinski definition) is 0. The summed E-state index contributed by atoms with van der Waals surface area (Å²) >= 11 is 0. The molecule has 7 heteroatoms. The van der Waals surface area contributed by atoms with Crippen LogP contribution < -0.4 is 0 Å². The van der Waals surface area contributed by atoms with Crippen LogP contribution in [0.15, 0.2) is 46.6 Å². The van der Waals surface area contributed by atoms with Gasteiger partial charge in [-0.05, 0) is 133 Å². The van der Waals surface area contributed by atoms with Gasteiger partial charge in [0.2, 0.25) is 0 Å². The maximum atomic E-state index is 12.5. The zero-order valence-corrected chi connectivity index (χ0v) is 30.7. The van der Waals surface area contributed by atoms with Crippen LogP contribution in [0.5, 0.6) is 0 Å². The van der Waals surface area contributed by atoms with Crippen molar-refractivity contribution in [3.05, 3.63) is 46.6 Å². The van der Waals surface area contributed by atoms with E-state index >= 15 is 0 Å². The molecule has 0 saturated heterocycles. The van der Waals surface area contributed by atoms with Crippen molar-refractivity contribution in [1.29, 1.82) is 0 Å². The number of unbranched alkanes of at least 4 members (excludes halogenated alkanes) is 6. The van der Waals surface area contributed by atoms with E-state index in [9.17, 15) is 14.4 Å². The van der Waals surface area contributed by atoms with Gasteiger partial charge in [-0.1, -0.05) is 60.1 Å². The zero-order chi connectivity index (χ0) is 34.6. The van der Waals surface area contributed by atoms with Crippen molar-refractivity contribution in [3.8, 4) is 0 Å². The molecule has 0 radical (unpaired) electrons. The van der Waals surface area contributed by atoms with E-state index in [1.807, 2.05) is 27.9 Å². The molecule has 0 aliphatic rings. The molecular formula is C39H67NO6. The Bertz CT molecular complexity index is 903. The molecule has 46 heavy (non-hydrogen) atoms. The summed E-state index contributed by atoms with van der Waals surface area (Å²) in [7, 11) is 4.01. The lowest BCUT2D eigenvalue weighted by molar-refractivity contribution is -0.150. The molecule has 0 amide bonds. The summed E-state index contributed by atoms with van der Waals surface area (Å²) in [6.07, 6.45) is 21.7. The van der Waals surface area contributed by atoms with E-state index in [2.05, 4.69) is 44.7 Å². The molecule has 0 spiro atoms. The Morgan fingerprint density at radius 2 is 1.02 bits per heavy atom. The number of carbonyl (C=O) groups excluding carboxylic acids is 3. The van der Waals surface area contributed by atoms with Gasteiger partial charge in [-0.25, -0.2) is 9.59 Å². The van der Waals surface area contributed by atoms with E-state index in [1.165, 1.54) is 11.1 Å². The number of nitrogens with zero attached hydrogens (tertiary/aromatic N) is 1. The predicted molar refractivity (Wildman–Crippen MR) is 191 cm³/mol. The van der Waals surface area contributed by atoms with E-state index in [0.717, 1.165) is 114 Å². The van der Waals surface area contributed by atoms with E-state index in [0.29, 0.717) is 19.6 Å². The summed E-state index contributed by atoms with van der Waals surface area (Å²) in [5.41, 5.74) is 4.66. The Balaban J connectivity index is 4.37. The summed E-state index contributed by atoms with van der Waals surface area (Å²) in [6, 6.07) is 0. The number of esters is 3. The first-order valence-corrected chi connectivity index (χ1v) is 17.7. The highest BCUT2D eigenvalue weighted by Crippen LogP contribution is 2.17. The molecular weight excluding hydrogens is 578 g/mol. The van der Waals surface area contributed by atoms with Gasteiger partial charge in [-0.2, -0.15) is 0 Å². The highest BCUT2D eigenvalue weighted by atomic mass is 16.5. The molecule has 0 rings (SSSR count). The molecule has 0 fully saturated rings. The Labute approximate surface area is 281 Å². The molecule has 0 aliphatic carbocycles. The number of carbonyl (C=O) groups is 3. The largest absolute Gasteiger partial charge is 0.463 e. The third kappa shape index (κ3) is 30.0. The van der Waals surface area contributed by atoms with Crippen molar-refractivity contribution in [2.24, 2.45) is 0 Å². The second-order valence-corrected chi connectivity index (χ2v) is 13.4. The Morgan fingerprint density at radius 3 is 1.43 bits per heavy atom. The van der Waals surface area contributed by atoms with Gasteiger partial charge in [0.25, 0.3) is 0 Å². The standard InChI is InChI=1S/C39H67NO6/c1-32(2)20-17-22-34(5)30-38(42)44-28-15-11-9-13-24-36(46-37(41)26-19-27-40(7)8)25-14-10-12-16-29-45-39(43)31-35(6)23-18-21-33(3)4/h20-21,30-31,36H,9-19,22-29H2,1-8H3/b34-30+,35-31+. The molecule has 0 bridgehead atoms. The molecule has 0 aromatic rings. The van der Waals surface area contributed by atoms with Gasteiger partial charge in [0.05, 0.1) is 13.2 Å². The van der Waals surface area contributed by atoms with Crippen LogP contribution in [0.4, 0.5) is 0 Å². The molecule has 264 valence electrons. The number of hydrogen-bond acceptors (Lipinski definition) is 7. The quantitative estimate of drug-likeness (QED) is 0.0289. The fourth-order valence-electron chi connectivity index (χ4n) is 4.85. The second kappa shape index (κ2) is 28.5. The van der Waals surface area contributed by atoms with Crippen LogP contribution in [0.25, 0.3) is 0 Å². The van der Waals surface area contributed by atoms with Crippen molar-refractivity contribution < 1.29 is 28.6 Å². The molecule has 0 aromatic heterocycles. The van der Waals surface area contributed by atoms with Gasteiger partial charge in [0.15, 0.2) is 0 Å². The van der Waals surface area contributed by atoms with Crippen molar-refractivity contribution in [3.63, 3.8) is 0 Å². The van der Waals surface area contributed by atoms with Crippen LogP contribution >= 0.6 is 0 Å². The van der Waals surface area contributed by atoms with Crippen LogP contribution in [0.3, 0.4) is 0 Å². The van der Waals surface area contributed by atoms with Crippen LogP contribution in [0, 0.1) is 0 Å². The third-order valence-electron chi connectivity index (χ3n) is 7.52. The average molecular weight is 646 g/mol.